The van der Waals surface area contributed by atoms with Gasteiger partial charge in [0, 0.05) is 25.2 Å². The summed E-state index contributed by atoms with van der Waals surface area (Å²) >= 11 is 0. The molecule has 0 aliphatic carbocycles. The van der Waals surface area contributed by atoms with E-state index in [1.807, 2.05) is 0 Å². The van der Waals surface area contributed by atoms with Crippen molar-refractivity contribution in [1.29, 1.82) is 0 Å². The van der Waals surface area contributed by atoms with E-state index in [-0.39, 0.29) is 49.5 Å². The zero-order valence-electron chi connectivity index (χ0n) is 14.5. The number of esters is 1. The summed E-state index contributed by atoms with van der Waals surface area (Å²) in [5.74, 6) is -1.70. The van der Waals surface area contributed by atoms with E-state index in [0.29, 0.717) is 0 Å². The smallest absolute Gasteiger partial charge is 0.325 e. The quantitative estimate of drug-likeness (QED) is 0.219. The third-order valence-electron chi connectivity index (χ3n) is 3.71. The Morgan fingerprint density at radius 1 is 1.19 bits per heavy atom. The maximum Gasteiger partial charge on any atom is 0.325 e. The summed E-state index contributed by atoms with van der Waals surface area (Å²) in [4.78, 5) is 58.3. The molecule has 2 N–H and O–H groups in total. The van der Waals surface area contributed by atoms with Gasteiger partial charge in [-0.1, -0.05) is 0 Å². The molecule has 144 valence electrons. The number of nitrogens with one attached hydrogen (secondary N) is 2. The Balaban J connectivity index is 1.81. The number of nitro benzene ring substituents is 1. The lowest BCUT2D eigenvalue weighted by molar-refractivity contribution is -0.384. The van der Waals surface area contributed by atoms with Crippen molar-refractivity contribution < 1.29 is 28.8 Å². The van der Waals surface area contributed by atoms with Crippen molar-refractivity contribution in [3.05, 3.63) is 39.4 Å². The van der Waals surface area contributed by atoms with Crippen LogP contribution in [0.5, 0.6) is 0 Å². The third kappa shape index (κ3) is 4.77. The predicted octanol–water partition coefficient (Wildman–Crippen LogP) is 0.443. The zero-order chi connectivity index (χ0) is 20.0. The number of rotatable bonds is 8. The van der Waals surface area contributed by atoms with Crippen LogP contribution in [0.25, 0.3) is 0 Å². The molecular weight excluding hydrogens is 360 g/mol. The molecule has 0 saturated heterocycles. The third-order valence-corrected chi connectivity index (χ3v) is 3.71. The number of fused-ring (bicyclic) bond motifs is 1. The lowest BCUT2D eigenvalue weighted by atomic mass is 10.1. The molecule has 2 rings (SSSR count). The second-order valence-corrected chi connectivity index (χ2v) is 5.52. The van der Waals surface area contributed by atoms with Crippen LogP contribution in [-0.2, 0) is 9.53 Å². The van der Waals surface area contributed by atoms with E-state index < -0.39 is 28.7 Å². The second kappa shape index (κ2) is 8.74. The van der Waals surface area contributed by atoms with Gasteiger partial charge in [-0.15, -0.1) is 0 Å². The number of imide groups is 1. The molecule has 4 amide bonds. The molecule has 1 aromatic carbocycles. The van der Waals surface area contributed by atoms with Crippen molar-refractivity contribution in [1.82, 2.24) is 15.5 Å². The molecule has 0 atom stereocenters. The topological polar surface area (TPSA) is 148 Å². The van der Waals surface area contributed by atoms with E-state index >= 15 is 0 Å². The molecular formula is C16H18N4O7. The first-order valence-corrected chi connectivity index (χ1v) is 8.17. The van der Waals surface area contributed by atoms with Gasteiger partial charge in [-0.3, -0.25) is 29.4 Å². The number of hydrogen-bond acceptors (Lipinski definition) is 7. The lowest BCUT2D eigenvalue weighted by Gasteiger charge is -2.14. The van der Waals surface area contributed by atoms with E-state index in [1.165, 1.54) is 12.1 Å². The first-order valence-electron chi connectivity index (χ1n) is 8.17. The van der Waals surface area contributed by atoms with Crippen LogP contribution in [0.2, 0.25) is 0 Å². The summed E-state index contributed by atoms with van der Waals surface area (Å²) in [6.07, 6.45) is 0.278. The minimum absolute atomic E-state index is 0.00524. The average molecular weight is 378 g/mol. The van der Waals surface area contributed by atoms with Gasteiger partial charge in [-0.05, 0) is 19.4 Å². The van der Waals surface area contributed by atoms with Crippen molar-refractivity contribution in [3.63, 3.8) is 0 Å². The summed E-state index contributed by atoms with van der Waals surface area (Å²) in [6, 6.07) is 2.93. The maximum atomic E-state index is 12.3. The van der Waals surface area contributed by atoms with Gasteiger partial charge in [0.05, 0.1) is 22.7 Å². The van der Waals surface area contributed by atoms with Gasteiger partial charge in [-0.2, -0.15) is 0 Å². The van der Waals surface area contributed by atoms with Crippen LogP contribution in [-0.4, -0.2) is 59.9 Å². The molecule has 0 aromatic heterocycles. The van der Waals surface area contributed by atoms with Crippen LogP contribution in [0.1, 0.15) is 34.1 Å². The highest BCUT2D eigenvalue weighted by atomic mass is 16.6. The number of carbonyl (C=O) groups is 4. The molecule has 0 unspecified atom stereocenters. The van der Waals surface area contributed by atoms with Crippen LogP contribution < -0.4 is 10.6 Å². The standard InChI is InChI=1S/C16H18N4O7/c1-2-27-13(21)9-18-16(24)17-6-3-7-19-14(22)11-5-4-10(20(25)26)8-12(11)15(19)23/h4-5,8H,2-3,6-7,9H2,1H3,(H2,17,18,24). The highest BCUT2D eigenvalue weighted by molar-refractivity contribution is 6.21. The predicted molar refractivity (Wildman–Crippen MR) is 91.1 cm³/mol. The number of hydrogen-bond donors (Lipinski definition) is 2. The van der Waals surface area contributed by atoms with Gasteiger partial charge in [0.1, 0.15) is 6.54 Å². The van der Waals surface area contributed by atoms with Gasteiger partial charge in [0.15, 0.2) is 0 Å². The number of nitrogens with zero attached hydrogens (tertiary/aromatic N) is 2. The number of ether oxygens (including phenoxy) is 1. The van der Waals surface area contributed by atoms with Gasteiger partial charge >= 0.3 is 12.0 Å². The van der Waals surface area contributed by atoms with Gasteiger partial charge in [-0.25, -0.2) is 4.79 Å². The minimum atomic E-state index is -0.639. The number of carbonyl (C=O) groups excluding carboxylic acids is 4. The average Bonchev–Trinajstić information content (AvgIpc) is 2.87. The summed E-state index contributed by atoms with van der Waals surface area (Å²) in [5, 5.41) is 15.6. The molecule has 11 heteroatoms. The normalized spacial score (nSPS) is 12.6. The molecule has 1 heterocycles. The van der Waals surface area contributed by atoms with Crippen LogP contribution in [0.3, 0.4) is 0 Å². The fourth-order valence-electron chi connectivity index (χ4n) is 2.46. The molecule has 1 aromatic rings. The maximum absolute atomic E-state index is 12.3. The highest BCUT2D eigenvalue weighted by Gasteiger charge is 2.36. The fraction of sp³-hybridized carbons (Fsp3) is 0.375. The molecule has 11 nitrogen and oxygen atoms in total. The van der Waals surface area contributed by atoms with Crippen molar-refractivity contribution >= 4 is 29.5 Å². The highest BCUT2D eigenvalue weighted by Crippen LogP contribution is 2.26. The molecule has 0 saturated carbocycles. The molecule has 1 aliphatic heterocycles. The van der Waals surface area contributed by atoms with Crippen LogP contribution in [0.15, 0.2) is 18.2 Å². The van der Waals surface area contributed by atoms with Crippen LogP contribution in [0, 0.1) is 10.1 Å². The number of urea groups is 1. The Morgan fingerprint density at radius 2 is 1.89 bits per heavy atom. The lowest BCUT2D eigenvalue weighted by Crippen LogP contribution is -2.40. The number of non-ortho nitro benzene ring substituents is 1. The summed E-state index contributed by atoms with van der Waals surface area (Å²) < 4.78 is 4.66. The Hall–Kier alpha value is -3.50. The van der Waals surface area contributed by atoms with E-state index in [4.69, 9.17) is 0 Å². The summed E-state index contributed by atoms with van der Waals surface area (Å²) in [7, 11) is 0. The van der Waals surface area contributed by atoms with Crippen LogP contribution >= 0.6 is 0 Å². The van der Waals surface area contributed by atoms with Crippen molar-refractivity contribution in [2.24, 2.45) is 0 Å². The largest absolute Gasteiger partial charge is 0.465 e. The Morgan fingerprint density at radius 3 is 2.56 bits per heavy atom. The first-order chi connectivity index (χ1) is 12.8. The number of benzene rings is 1. The van der Waals surface area contributed by atoms with E-state index in [1.54, 1.807) is 6.92 Å². The fourth-order valence-corrected chi connectivity index (χ4v) is 2.46. The Kier molecular flexibility index (Phi) is 6.41. The summed E-state index contributed by atoms with van der Waals surface area (Å²) in [6.45, 7) is 1.79. The van der Waals surface area contributed by atoms with E-state index in [2.05, 4.69) is 15.4 Å². The van der Waals surface area contributed by atoms with Crippen molar-refractivity contribution in [2.45, 2.75) is 13.3 Å². The monoisotopic (exact) mass is 378 g/mol. The van der Waals surface area contributed by atoms with Gasteiger partial charge < -0.3 is 15.4 Å². The van der Waals surface area contributed by atoms with Crippen LogP contribution in [0.4, 0.5) is 10.5 Å². The molecule has 27 heavy (non-hydrogen) atoms. The van der Waals surface area contributed by atoms with Gasteiger partial charge in [0.25, 0.3) is 17.5 Å². The molecule has 0 bridgehead atoms. The number of nitro groups is 1. The Labute approximate surface area is 153 Å². The van der Waals surface area contributed by atoms with Crippen molar-refractivity contribution in [3.8, 4) is 0 Å². The SMILES string of the molecule is CCOC(=O)CNC(=O)NCCCN1C(=O)c2ccc([N+](=O)[O-])cc2C1=O. The number of amides is 4. The molecule has 1 aliphatic rings. The molecule has 0 fully saturated rings. The zero-order valence-corrected chi connectivity index (χ0v) is 14.5. The van der Waals surface area contributed by atoms with E-state index in [0.717, 1.165) is 11.0 Å². The minimum Gasteiger partial charge on any atom is -0.465 e. The van der Waals surface area contributed by atoms with Crippen molar-refractivity contribution in [2.75, 3.05) is 26.2 Å². The first kappa shape index (κ1) is 19.8. The van der Waals surface area contributed by atoms with E-state index in [9.17, 15) is 29.3 Å². The molecule has 0 radical (unpaired) electrons. The summed E-state index contributed by atoms with van der Waals surface area (Å²) in [5.41, 5.74) is -0.156. The van der Waals surface area contributed by atoms with Gasteiger partial charge in [0.2, 0.25) is 0 Å². The Bertz CT molecular complexity index is 793. The molecule has 0 spiro atoms. The second-order valence-electron chi connectivity index (χ2n) is 5.52.